The molecule has 1 amide bonds. The molecule has 0 saturated heterocycles. The lowest BCUT2D eigenvalue weighted by Gasteiger charge is -2.18. The van der Waals surface area contributed by atoms with Gasteiger partial charge in [-0.25, -0.2) is 0 Å². The number of amides is 1. The van der Waals surface area contributed by atoms with Gasteiger partial charge < -0.3 is 4.90 Å². The highest BCUT2D eigenvalue weighted by Crippen LogP contribution is 2.13. The van der Waals surface area contributed by atoms with E-state index in [4.69, 9.17) is 0 Å². The van der Waals surface area contributed by atoms with Crippen molar-refractivity contribution < 1.29 is 4.79 Å². The molecule has 0 aliphatic rings. The van der Waals surface area contributed by atoms with Crippen LogP contribution in [0.5, 0.6) is 0 Å². The Morgan fingerprint density at radius 1 is 1.31 bits per heavy atom. The average Bonchev–Trinajstić information content (AvgIpc) is 2.79. The Bertz CT molecular complexity index is 291. The van der Waals surface area contributed by atoms with Crippen LogP contribution in [0.3, 0.4) is 0 Å². The third-order valence-electron chi connectivity index (χ3n) is 2.76. The Morgan fingerprint density at radius 2 is 2.06 bits per heavy atom. The van der Waals surface area contributed by atoms with E-state index in [2.05, 4.69) is 17.5 Å². The summed E-state index contributed by atoms with van der Waals surface area (Å²) in [4.78, 5) is 15.0. The number of hydrogen-bond acceptors (Lipinski definition) is 2. The minimum absolute atomic E-state index is 0.302. The molecule has 0 aromatic carbocycles. The summed E-state index contributed by atoms with van der Waals surface area (Å²) in [6.07, 6.45) is 3.94. The molecule has 0 spiro atoms. The van der Waals surface area contributed by atoms with Crippen LogP contribution < -0.4 is 0 Å². The summed E-state index contributed by atoms with van der Waals surface area (Å²) in [5.41, 5.74) is 0. The van der Waals surface area contributed by atoms with Crippen LogP contribution in [-0.4, -0.2) is 23.9 Å². The first kappa shape index (κ1) is 13.2. The molecule has 90 valence electrons. The maximum absolute atomic E-state index is 11.7. The van der Waals surface area contributed by atoms with E-state index in [1.54, 1.807) is 11.3 Å². The molecule has 0 aliphatic heterocycles. The van der Waals surface area contributed by atoms with Crippen molar-refractivity contribution in [2.75, 3.05) is 13.1 Å². The zero-order valence-electron chi connectivity index (χ0n) is 10.2. The van der Waals surface area contributed by atoms with Crippen molar-refractivity contribution in [3.63, 3.8) is 0 Å². The van der Waals surface area contributed by atoms with Crippen LogP contribution in [0.4, 0.5) is 0 Å². The van der Waals surface area contributed by atoms with Crippen LogP contribution >= 0.6 is 11.3 Å². The van der Waals surface area contributed by atoms with Crippen LogP contribution in [0.15, 0.2) is 17.5 Å². The fourth-order valence-electron chi connectivity index (χ4n) is 1.76. The third kappa shape index (κ3) is 4.35. The second kappa shape index (κ2) is 7.44. The number of carbonyl (C=O) groups is 1. The Morgan fingerprint density at radius 3 is 2.62 bits per heavy atom. The number of nitrogens with zero attached hydrogens (tertiary/aromatic N) is 1. The van der Waals surface area contributed by atoms with E-state index in [1.807, 2.05) is 18.7 Å². The zero-order valence-corrected chi connectivity index (χ0v) is 11.1. The molecule has 1 rings (SSSR count). The van der Waals surface area contributed by atoms with E-state index in [-0.39, 0.29) is 0 Å². The SMILES string of the molecule is CCN(CC)C(=O)CCCCc1cccs1. The van der Waals surface area contributed by atoms with Crippen molar-refractivity contribution in [2.24, 2.45) is 0 Å². The maximum atomic E-state index is 11.7. The predicted octanol–water partition coefficient (Wildman–Crippen LogP) is 3.33. The van der Waals surface area contributed by atoms with Gasteiger partial charge in [-0.05, 0) is 44.6 Å². The Balaban J connectivity index is 2.13. The van der Waals surface area contributed by atoms with Gasteiger partial charge in [0.2, 0.25) is 5.91 Å². The van der Waals surface area contributed by atoms with Gasteiger partial charge in [0.15, 0.2) is 0 Å². The fraction of sp³-hybridized carbons (Fsp3) is 0.615. The van der Waals surface area contributed by atoms with Crippen LogP contribution in [0.25, 0.3) is 0 Å². The summed E-state index contributed by atoms with van der Waals surface area (Å²) in [6, 6.07) is 4.25. The number of thiophene rings is 1. The first-order valence-electron chi connectivity index (χ1n) is 6.08. The van der Waals surface area contributed by atoms with Crippen LogP contribution in [0.2, 0.25) is 0 Å². The van der Waals surface area contributed by atoms with E-state index in [0.29, 0.717) is 12.3 Å². The number of hydrogen-bond donors (Lipinski definition) is 0. The van der Waals surface area contributed by atoms with Gasteiger partial charge in [-0.15, -0.1) is 11.3 Å². The first-order chi connectivity index (χ1) is 7.77. The summed E-state index contributed by atoms with van der Waals surface area (Å²) >= 11 is 1.80. The molecule has 16 heavy (non-hydrogen) atoms. The molecule has 0 N–H and O–H groups in total. The molecule has 0 bridgehead atoms. The van der Waals surface area contributed by atoms with E-state index >= 15 is 0 Å². The average molecular weight is 239 g/mol. The summed E-state index contributed by atoms with van der Waals surface area (Å²) < 4.78 is 0. The molecule has 1 heterocycles. The summed E-state index contributed by atoms with van der Waals surface area (Å²) in [5, 5.41) is 2.11. The number of rotatable bonds is 7. The standard InChI is InChI=1S/C13H21NOS/c1-3-14(4-2)13(15)10-6-5-8-12-9-7-11-16-12/h7,9,11H,3-6,8,10H2,1-2H3. The van der Waals surface area contributed by atoms with Gasteiger partial charge >= 0.3 is 0 Å². The Labute approximate surface area is 102 Å². The molecule has 0 radical (unpaired) electrons. The number of carbonyl (C=O) groups excluding carboxylic acids is 1. The lowest BCUT2D eigenvalue weighted by Crippen LogP contribution is -2.30. The highest BCUT2D eigenvalue weighted by molar-refractivity contribution is 7.09. The topological polar surface area (TPSA) is 20.3 Å². The van der Waals surface area contributed by atoms with Crippen LogP contribution in [-0.2, 0) is 11.2 Å². The predicted molar refractivity (Wildman–Crippen MR) is 69.8 cm³/mol. The molecule has 3 heteroatoms. The van der Waals surface area contributed by atoms with Crippen molar-refractivity contribution in [3.8, 4) is 0 Å². The van der Waals surface area contributed by atoms with Crippen molar-refractivity contribution in [3.05, 3.63) is 22.4 Å². The largest absolute Gasteiger partial charge is 0.343 e. The minimum Gasteiger partial charge on any atom is -0.343 e. The molecular weight excluding hydrogens is 218 g/mol. The smallest absolute Gasteiger partial charge is 0.222 e. The van der Waals surface area contributed by atoms with Crippen LogP contribution in [0.1, 0.15) is 38.0 Å². The highest BCUT2D eigenvalue weighted by Gasteiger charge is 2.08. The van der Waals surface area contributed by atoms with Gasteiger partial charge in [0.05, 0.1) is 0 Å². The molecule has 0 fully saturated rings. The van der Waals surface area contributed by atoms with Gasteiger partial charge in [-0.1, -0.05) is 6.07 Å². The van der Waals surface area contributed by atoms with Crippen molar-refractivity contribution in [1.82, 2.24) is 4.90 Å². The molecule has 0 aliphatic carbocycles. The molecule has 0 saturated carbocycles. The molecular formula is C13H21NOS. The molecule has 0 unspecified atom stereocenters. The first-order valence-corrected chi connectivity index (χ1v) is 6.96. The Kier molecular flexibility index (Phi) is 6.16. The molecule has 2 nitrogen and oxygen atoms in total. The maximum Gasteiger partial charge on any atom is 0.222 e. The minimum atomic E-state index is 0.302. The van der Waals surface area contributed by atoms with Gasteiger partial charge in [0.25, 0.3) is 0 Å². The number of aryl methyl sites for hydroxylation is 1. The second-order valence-electron chi connectivity index (χ2n) is 3.85. The van der Waals surface area contributed by atoms with Crippen molar-refractivity contribution >= 4 is 17.2 Å². The van der Waals surface area contributed by atoms with Gasteiger partial charge in [0.1, 0.15) is 0 Å². The van der Waals surface area contributed by atoms with E-state index in [0.717, 1.165) is 32.4 Å². The monoisotopic (exact) mass is 239 g/mol. The van der Waals surface area contributed by atoms with Gasteiger partial charge in [-0.3, -0.25) is 4.79 Å². The van der Waals surface area contributed by atoms with E-state index < -0.39 is 0 Å². The third-order valence-corrected chi connectivity index (χ3v) is 3.70. The molecule has 1 aromatic rings. The fourth-order valence-corrected chi connectivity index (χ4v) is 2.52. The normalized spacial score (nSPS) is 10.4. The lowest BCUT2D eigenvalue weighted by atomic mass is 10.1. The lowest BCUT2D eigenvalue weighted by molar-refractivity contribution is -0.130. The van der Waals surface area contributed by atoms with E-state index in [9.17, 15) is 4.79 Å². The second-order valence-corrected chi connectivity index (χ2v) is 4.88. The number of unbranched alkanes of at least 4 members (excludes halogenated alkanes) is 1. The summed E-state index contributed by atoms with van der Waals surface area (Å²) in [6.45, 7) is 5.74. The summed E-state index contributed by atoms with van der Waals surface area (Å²) in [7, 11) is 0. The highest BCUT2D eigenvalue weighted by atomic mass is 32.1. The van der Waals surface area contributed by atoms with Crippen molar-refractivity contribution in [2.45, 2.75) is 39.5 Å². The summed E-state index contributed by atoms with van der Waals surface area (Å²) in [5.74, 6) is 0.302. The molecule has 0 atom stereocenters. The quantitative estimate of drug-likeness (QED) is 0.668. The van der Waals surface area contributed by atoms with Gasteiger partial charge in [-0.2, -0.15) is 0 Å². The van der Waals surface area contributed by atoms with Crippen LogP contribution in [0, 0.1) is 0 Å². The van der Waals surface area contributed by atoms with E-state index in [1.165, 1.54) is 4.88 Å². The zero-order chi connectivity index (χ0) is 11.8. The Hall–Kier alpha value is -0.830. The van der Waals surface area contributed by atoms with Crippen molar-refractivity contribution in [1.29, 1.82) is 0 Å². The van der Waals surface area contributed by atoms with Gasteiger partial charge in [0, 0.05) is 24.4 Å². The molecule has 1 aromatic heterocycles.